The zero-order valence-electron chi connectivity index (χ0n) is 18.2. The first-order chi connectivity index (χ1) is 15.6. The van der Waals surface area contributed by atoms with Gasteiger partial charge in [0.25, 0.3) is 0 Å². The highest BCUT2D eigenvalue weighted by Gasteiger charge is 2.30. The minimum atomic E-state index is -0.454. The van der Waals surface area contributed by atoms with Crippen LogP contribution in [0.3, 0.4) is 0 Å². The van der Waals surface area contributed by atoms with Gasteiger partial charge in [0, 0.05) is 30.3 Å². The standard InChI is InChI=1S/C26H27N3O3/c1-32-24-10-3-2-6-18(24)12-14-25(30)29-15-5-9-23(29)22-13-11-21(17-28-22)19-7-4-8-20(16-19)26(27)31/h2-4,6-8,10-11,13,16-17,23H,5,9,12,14-15H2,1H3,(H2,27,31)/t23-/m1/s1. The number of ether oxygens (including phenoxy) is 1. The van der Waals surface area contributed by atoms with Gasteiger partial charge in [0.1, 0.15) is 5.75 Å². The Kier molecular flexibility index (Phi) is 6.50. The molecule has 32 heavy (non-hydrogen) atoms. The number of amides is 2. The Labute approximate surface area is 188 Å². The van der Waals surface area contributed by atoms with E-state index in [0.717, 1.165) is 47.5 Å². The van der Waals surface area contributed by atoms with Crippen LogP contribution in [0.25, 0.3) is 11.1 Å². The molecule has 1 aromatic heterocycles. The van der Waals surface area contributed by atoms with Crippen LogP contribution in [0, 0.1) is 0 Å². The topological polar surface area (TPSA) is 85.5 Å². The van der Waals surface area contributed by atoms with Crippen LogP contribution in [0.2, 0.25) is 0 Å². The number of nitrogens with two attached hydrogens (primary N) is 1. The molecule has 0 aliphatic carbocycles. The molecule has 1 atom stereocenters. The number of nitrogens with zero attached hydrogens (tertiary/aromatic N) is 2. The van der Waals surface area contributed by atoms with Crippen LogP contribution in [-0.2, 0) is 11.2 Å². The summed E-state index contributed by atoms with van der Waals surface area (Å²) in [4.78, 5) is 31.1. The first kappa shape index (κ1) is 21.6. The molecular weight excluding hydrogens is 402 g/mol. The summed E-state index contributed by atoms with van der Waals surface area (Å²) in [5, 5.41) is 0. The second kappa shape index (κ2) is 9.64. The third kappa shape index (κ3) is 4.64. The number of primary amides is 1. The molecule has 164 valence electrons. The summed E-state index contributed by atoms with van der Waals surface area (Å²) < 4.78 is 5.40. The van der Waals surface area contributed by atoms with Crippen LogP contribution in [0.1, 0.15) is 46.9 Å². The third-order valence-corrected chi connectivity index (χ3v) is 5.98. The van der Waals surface area contributed by atoms with Gasteiger partial charge in [0.2, 0.25) is 11.8 Å². The highest BCUT2D eigenvalue weighted by atomic mass is 16.5. The highest BCUT2D eigenvalue weighted by molar-refractivity contribution is 5.94. The maximum Gasteiger partial charge on any atom is 0.248 e. The van der Waals surface area contributed by atoms with Gasteiger partial charge in [-0.25, -0.2) is 0 Å². The smallest absolute Gasteiger partial charge is 0.248 e. The number of likely N-dealkylation sites (tertiary alicyclic amines) is 1. The molecule has 4 rings (SSSR count). The Morgan fingerprint density at radius 2 is 1.94 bits per heavy atom. The summed E-state index contributed by atoms with van der Waals surface area (Å²) in [6.45, 7) is 0.750. The molecule has 2 heterocycles. The van der Waals surface area contributed by atoms with Gasteiger partial charge in [0.05, 0.1) is 18.8 Å². The number of aromatic nitrogens is 1. The summed E-state index contributed by atoms with van der Waals surface area (Å²) >= 11 is 0. The van der Waals surface area contributed by atoms with Crippen molar-refractivity contribution < 1.29 is 14.3 Å². The van der Waals surface area contributed by atoms with E-state index in [4.69, 9.17) is 10.5 Å². The molecule has 0 saturated carbocycles. The van der Waals surface area contributed by atoms with Crippen LogP contribution in [-0.4, -0.2) is 35.4 Å². The SMILES string of the molecule is COc1ccccc1CCC(=O)N1CCC[C@@H]1c1ccc(-c2cccc(C(N)=O)c2)cn1. The van der Waals surface area contributed by atoms with Crippen molar-refractivity contribution in [1.29, 1.82) is 0 Å². The van der Waals surface area contributed by atoms with Crippen LogP contribution >= 0.6 is 0 Å². The third-order valence-electron chi connectivity index (χ3n) is 5.98. The molecule has 6 heteroatoms. The van der Waals surface area contributed by atoms with Gasteiger partial charge in [-0.3, -0.25) is 14.6 Å². The van der Waals surface area contributed by atoms with E-state index in [1.165, 1.54) is 0 Å². The molecule has 1 aliphatic rings. The largest absolute Gasteiger partial charge is 0.496 e. The second-order valence-corrected chi connectivity index (χ2v) is 7.97. The molecule has 0 bridgehead atoms. The molecule has 1 fully saturated rings. The molecule has 1 saturated heterocycles. The van der Waals surface area contributed by atoms with Gasteiger partial charge in [-0.15, -0.1) is 0 Å². The van der Waals surface area contributed by atoms with E-state index in [-0.39, 0.29) is 11.9 Å². The molecule has 2 aromatic carbocycles. The summed E-state index contributed by atoms with van der Waals surface area (Å²) in [6, 6.07) is 19.0. The Morgan fingerprint density at radius 1 is 1.09 bits per heavy atom. The van der Waals surface area contributed by atoms with Gasteiger partial charge in [-0.2, -0.15) is 0 Å². The van der Waals surface area contributed by atoms with Crippen LogP contribution in [0.15, 0.2) is 66.9 Å². The number of benzene rings is 2. The van der Waals surface area contributed by atoms with E-state index >= 15 is 0 Å². The van der Waals surface area contributed by atoms with Crippen molar-refractivity contribution in [3.05, 3.63) is 83.7 Å². The number of para-hydroxylation sites is 1. The van der Waals surface area contributed by atoms with E-state index < -0.39 is 5.91 Å². The Morgan fingerprint density at radius 3 is 2.69 bits per heavy atom. The molecular formula is C26H27N3O3. The lowest BCUT2D eigenvalue weighted by molar-refractivity contribution is -0.132. The second-order valence-electron chi connectivity index (χ2n) is 7.97. The predicted octanol–water partition coefficient (Wildman–Crippen LogP) is 4.15. The minimum Gasteiger partial charge on any atom is -0.496 e. The number of hydrogen-bond donors (Lipinski definition) is 1. The zero-order chi connectivity index (χ0) is 22.5. The van der Waals surface area contributed by atoms with E-state index in [1.807, 2.05) is 53.4 Å². The van der Waals surface area contributed by atoms with Crippen molar-refractivity contribution >= 4 is 11.8 Å². The number of aryl methyl sites for hydroxylation is 1. The van der Waals surface area contributed by atoms with Crippen molar-refractivity contribution in [1.82, 2.24) is 9.88 Å². The van der Waals surface area contributed by atoms with Gasteiger partial charge in [-0.1, -0.05) is 36.4 Å². The number of carbonyl (C=O) groups excluding carboxylic acids is 2. The lowest BCUT2D eigenvalue weighted by atomic mass is 10.0. The van der Waals surface area contributed by atoms with Gasteiger partial charge < -0.3 is 15.4 Å². The van der Waals surface area contributed by atoms with E-state index in [9.17, 15) is 9.59 Å². The maximum atomic E-state index is 13.0. The molecule has 6 nitrogen and oxygen atoms in total. The first-order valence-electron chi connectivity index (χ1n) is 10.8. The van der Waals surface area contributed by atoms with Crippen molar-refractivity contribution in [2.75, 3.05) is 13.7 Å². The van der Waals surface area contributed by atoms with E-state index in [1.54, 1.807) is 25.4 Å². The average molecular weight is 430 g/mol. The normalized spacial score (nSPS) is 15.5. The van der Waals surface area contributed by atoms with Gasteiger partial charge in [0.15, 0.2) is 0 Å². The molecule has 0 spiro atoms. The average Bonchev–Trinajstić information content (AvgIpc) is 3.33. The quantitative estimate of drug-likeness (QED) is 0.611. The van der Waals surface area contributed by atoms with E-state index in [0.29, 0.717) is 18.4 Å². The minimum absolute atomic E-state index is 0.00817. The van der Waals surface area contributed by atoms with Crippen LogP contribution in [0.4, 0.5) is 0 Å². The number of methoxy groups -OCH3 is 1. The molecule has 1 aliphatic heterocycles. The predicted molar refractivity (Wildman–Crippen MR) is 123 cm³/mol. The Balaban J connectivity index is 1.45. The van der Waals surface area contributed by atoms with Crippen molar-refractivity contribution in [3.63, 3.8) is 0 Å². The van der Waals surface area contributed by atoms with Gasteiger partial charge in [-0.05, 0) is 54.7 Å². The molecule has 2 N–H and O–H groups in total. The number of pyridine rings is 1. The Bertz CT molecular complexity index is 1110. The molecule has 3 aromatic rings. The van der Waals surface area contributed by atoms with Gasteiger partial charge >= 0.3 is 0 Å². The Hall–Kier alpha value is -3.67. The van der Waals surface area contributed by atoms with E-state index in [2.05, 4.69) is 4.98 Å². The van der Waals surface area contributed by atoms with Crippen molar-refractivity contribution in [2.24, 2.45) is 5.73 Å². The monoisotopic (exact) mass is 429 g/mol. The van der Waals surface area contributed by atoms with Crippen LogP contribution < -0.4 is 10.5 Å². The lowest BCUT2D eigenvalue weighted by Gasteiger charge is -2.24. The molecule has 0 radical (unpaired) electrons. The lowest BCUT2D eigenvalue weighted by Crippen LogP contribution is -2.31. The summed E-state index contributed by atoms with van der Waals surface area (Å²) in [5.74, 6) is 0.499. The fourth-order valence-corrected chi connectivity index (χ4v) is 4.29. The highest BCUT2D eigenvalue weighted by Crippen LogP contribution is 2.33. The first-order valence-corrected chi connectivity index (χ1v) is 10.8. The summed E-state index contributed by atoms with van der Waals surface area (Å²) in [7, 11) is 1.65. The molecule has 0 unspecified atom stereocenters. The van der Waals surface area contributed by atoms with Crippen molar-refractivity contribution in [2.45, 2.75) is 31.7 Å². The number of carbonyl (C=O) groups is 2. The maximum absolute atomic E-state index is 13.0. The van der Waals surface area contributed by atoms with Crippen LogP contribution in [0.5, 0.6) is 5.75 Å². The van der Waals surface area contributed by atoms with Crippen molar-refractivity contribution in [3.8, 4) is 16.9 Å². The number of hydrogen-bond acceptors (Lipinski definition) is 4. The fourth-order valence-electron chi connectivity index (χ4n) is 4.29. The summed E-state index contributed by atoms with van der Waals surface area (Å²) in [5.41, 5.74) is 9.58. The summed E-state index contributed by atoms with van der Waals surface area (Å²) in [6.07, 6.45) is 4.76. The zero-order valence-corrected chi connectivity index (χ0v) is 18.2. The number of rotatable bonds is 7. The molecule has 2 amide bonds. The fraction of sp³-hybridized carbons (Fsp3) is 0.269.